The van der Waals surface area contributed by atoms with Crippen molar-refractivity contribution in [2.75, 3.05) is 13.1 Å². The van der Waals surface area contributed by atoms with Gasteiger partial charge in [-0.2, -0.15) is 0 Å². The maximum absolute atomic E-state index is 12.6. The number of carbonyl (C=O) groups excluding carboxylic acids is 1. The monoisotopic (exact) mass is 334 g/mol. The van der Waals surface area contributed by atoms with Crippen LogP contribution in [0.5, 0.6) is 0 Å². The molecule has 0 saturated heterocycles. The molecule has 0 aliphatic rings. The average molecular weight is 334 g/mol. The zero-order valence-electron chi connectivity index (χ0n) is 14.4. The number of nitrogens with one attached hydrogen (secondary N) is 1. The third-order valence-corrected chi connectivity index (χ3v) is 4.40. The van der Waals surface area contributed by atoms with Crippen LogP contribution < -0.4 is 5.56 Å². The summed E-state index contributed by atoms with van der Waals surface area (Å²) in [5, 5.41) is 1.51. The second kappa shape index (κ2) is 7.79. The molecule has 0 spiro atoms. The van der Waals surface area contributed by atoms with E-state index in [-0.39, 0.29) is 17.9 Å². The smallest absolute Gasteiger partial charge is 0.256 e. The summed E-state index contributed by atoms with van der Waals surface area (Å²) in [6, 6.07) is 19.4. The first-order chi connectivity index (χ1) is 12.2. The lowest BCUT2D eigenvalue weighted by Crippen LogP contribution is -2.34. The average Bonchev–Trinajstić information content (AvgIpc) is 2.63. The van der Waals surface area contributed by atoms with Gasteiger partial charge in [-0.25, -0.2) is 0 Å². The van der Waals surface area contributed by atoms with Crippen molar-refractivity contribution < 1.29 is 4.79 Å². The Kier molecular flexibility index (Phi) is 5.29. The van der Waals surface area contributed by atoms with E-state index in [2.05, 4.69) is 17.1 Å². The van der Waals surface area contributed by atoms with E-state index in [9.17, 15) is 9.59 Å². The van der Waals surface area contributed by atoms with Gasteiger partial charge >= 0.3 is 0 Å². The van der Waals surface area contributed by atoms with Crippen LogP contribution in [0.3, 0.4) is 0 Å². The van der Waals surface area contributed by atoms with Gasteiger partial charge in [0.1, 0.15) is 0 Å². The number of amides is 1. The third-order valence-electron chi connectivity index (χ3n) is 4.40. The molecule has 0 aliphatic carbocycles. The van der Waals surface area contributed by atoms with Crippen molar-refractivity contribution in [2.24, 2.45) is 0 Å². The summed E-state index contributed by atoms with van der Waals surface area (Å²) in [5.74, 6) is 0.0318. The number of benzene rings is 2. The molecule has 0 atom stereocenters. The Morgan fingerprint density at radius 1 is 1.04 bits per heavy atom. The highest BCUT2D eigenvalue weighted by Crippen LogP contribution is 2.11. The van der Waals surface area contributed by atoms with Crippen LogP contribution in [0.4, 0.5) is 0 Å². The fourth-order valence-corrected chi connectivity index (χ4v) is 3.00. The number of likely N-dealkylation sites (N-methyl/N-ethyl adjacent to an activating group) is 1. The number of nitrogens with zero attached hydrogens (tertiary/aromatic N) is 1. The van der Waals surface area contributed by atoms with Crippen LogP contribution in [0.1, 0.15) is 18.2 Å². The molecule has 0 unspecified atom stereocenters. The lowest BCUT2D eigenvalue weighted by molar-refractivity contribution is -0.130. The van der Waals surface area contributed by atoms with Crippen LogP contribution in [0.25, 0.3) is 10.8 Å². The third kappa shape index (κ3) is 4.15. The number of hydrogen-bond donors (Lipinski definition) is 1. The van der Waals surface area contributed by atoms with Crippen molar-refractivity contribution in [3.63, 3.8) is 0 Å². The predicted molar refractivity (Wildman–Crippen MR) is 101 cm³/mol. The van der Waals surface area contributed by atoms with Crippen LogP contribution in [-0.4, -0.2) is 28.9 Å². The number of fused-ring (bicyclic) bond motifs is 1. The molecule has 25 heavy (non-hydrogen) atoms. The Morgan fingerprint density at radius 2 is 1.76 bits per heavy atom. The Labute approximate surface area is 147 Å². The lowest BCUT2D eigenvalue weighted by Gasteiger charge is -2.21. The first-order valence-corrected chi connectivity index (χ1v) is 8.60. The van der Waals surface area contributed by atoms with E-state index in [1.165, 1.54) is 5.56 Å². The van der Waals surface area contributed by atoms with E-state index in [0.29, 0.717) is 24.2 Å². The van der Waals surface area contributed by atoms with Crippen molar-refractivity contribution in [1.82, 2.24) is 9.88 Å². The zero-order valence-corrected chi connectivity index (χ0v) is 14.4. The van der Waals surface area contributed by atoms with Crippen molar-refractivity contribution in [3.05, 3.63) is 82.3 Å². The Hall–Kier alpha value is -2.88. The summed E-state index contributed by atoms with van der Waals surface area (Å²) < 4.78 is 0. The molecule has 1 amide bonds. The van der Waals surface area contributed by atoms with Crippen LogP contribution >= 0.6 is 0 Å². The van der Waals surface area contributed by atoms with Crippen LogP contribution in [0.2, 0.25) is 0 Å². The Morgan fingerprint density at radius 3 is 2.52 bits per heavy atom. The summed E-state index contributed by atoms with van der Waals surface area (Å²) in [6.07, 6.45) is 1.04. The second-order valence-electron chi connectivity index (χ2n) is 6.10. The summed E-state index contributed by atoms with van der Waals surface area (Å²) in [4.78, 5) is 29.4. The van der Waals surface area contributed by atoms with Crippen molar-refractivity contribution in [2.45, 2.75) is 19.8 Å². The number of aromatic amines is 1. The molecule has 4 heteroatoms. The molecule has 3 aromatic rings. The Balaban J connectivity index is 1.70. The standard InChI is InChI=1S/C21H22N2O2/c1-2-23(13-12-16-8-4-3-5-9-16)20(24)15-18-14-17-10-6-7-11-19(17)21(25)22-18/h3-11,14H,2,12-13,15H2,1H3,(H,22,25). The summed E-state index contributed by atoms with van der Waals surface area (Å²) in [6.45, 7) is 3.31. The van der Waals surface area contributed by atoms with E-state index in [1.807, 2.05) is 54.3 Å². The molecule has 3 rings (SSSR count). The molecule has 0 radical (unpaired) electrons. The van der Waals surface area contributed by atoms with E-state index in [1.54, 1.807) is 6.07 Å². The number of hydrogen-bond acceptors (Lipinski definition) is 2. The van der Waals surface area contributed by atoms with Gasteiger partial charge in [0.05, 0.1) is 6.42 Å². The first-order valence-electron chi connectivity index (χ1n) is 8.60. The van der Waals surface area contributed by atoms with Gasteiger partial charge in [0.2, 0.25) is 5.91 Å². The minimum absolute atomic E-state index is 0.0318. The van der Waals surface area contributed by atoms with E-state index < -0.39 is 0 Å². The zero-order chi connectivity index (χ0) is 17.6. The van der Waals surface area contributed by atoms with Crippen LogP contribution in [0, 0.1) is 0 Å². The van der Waals surface area contributed by atoms with Gasteiger partial charge in [0.25, 0.3) is 5.56 Å². The minimum Gasteiger partial charge on any atom is -0.342 e. The molecular weight excluding hydrogens is 312 g/mol. The molecule has 1 heterocycles. The van der Waals surface area contributed by atoms with Crippen molar-refractivity contribution >= 4 is 16.7 Å². The number of H-pyrrole nitrogens is 1. The lowest BCUT2D eigenvalue weighted by atomic mass is 10.1. The van der Waals surface area contributed by atoms with Gasteiger partial charge in [0, 0.05) is 24.2 Å². The molecule has 1 aromatic heterocycles. The number of rotatable bonds is 6. The maximum atomic E-state index is 12.6. The molecule has 1 N–H and O–H groups in total. The van der Waals surface area contributed by atoms with Crippen LogP contribution in [0.15, 0.2) is 65.5 Å². The molecule has 0 fully saturated rings. The highest BCUT2D eigenvalue weighted by atomic mass is 16.2. The van der Waals surface area contributed by atoms with Crippen molar-refractivity contribution in [1.29, 1.82) is 0 Å². The van der Waals surface area contributed by atoms with Crippen LogP contribution in [-0.2, 0) is 17.6 Å². The normalized spacial score (nSPS) is 10.8. The highest BCUT2D eigenvalue weighted by Gasteiger charge is 2.13. The van der Waals surface area contributed by atoms with Gasteiger partial charge in [-0.1, -0.05) is 48.5 Å². The van der Waals surface area contributed by atoms with Crippen molar-refractivity contribution in [3.8, 4) is 0 Å². The Bertz CT molecular complexity index is 916. The summed E-state index contributed by atoms with van der Waals surface area (Å²) >= 11 is 0. The number of pyridine rings is 1. The van der Waals surface area contributed by atoms with Gasteiger partial charge in [-0.3, -0.25) is 9.59 Å². The quantitative estimate of drug-likeness (QED) is 0.753. The highest BCUT2D eigenvalue weighted by molar-refractivity contribution is 5.84. The minimum atomic E-state index is -0.145. The predicted octanol–water partition coefficient (Wildman–Crippen LogP) is 3.16. The molecule has 0 bridgehead atoms. The molecule has 2 aromatic carbocycles. The molecule has 0 saturated carbocycles. The molecule has 128 valence electrons. The topological polar surface area (TPSA) is 53.2 Å². The van der Waals surface area contributed by atoms with E-state index >= 15 is 0 Å². The molecule has 0 aliphatic heterocycles. The second-order valence-corrected chi connectivity index (χ2v) is 6.10. The molecular formula is C21H22N2O2. The van der Waals surface area contributed by atoms with Gasteiger partial charge in [0.15, 0.2) is 0 Å². The SMILES string of the molecule is CCN(CCc1ccccc1)C(=O)Cc1cc2ccccc2c(=O)[nH]1. The fourth-order valence-electron chi connectivity index (χ4n) is 3.00. The largest absolute Gasteiger partial charge is 0.342 e. The van der Waals surface area contributed by atoms with Gasteiger partial charge in [-0.05, 0) is 36.4 Å². The summed E-state index contributed by atoms with van der Waals surface area (Å²) in [5.41, 5.74) is 1.73. The van der Waals surface area contributed by atoms with E-state index in [4.69, 9.17) is 0 Å². The fraction of sp³-hybridized carbons (Fsp3) is 0.238. The van der Waals surface area contributed by atoms with Gasteiger partial charge in [-0.15, -0.1) is 0 Å². The first kappa shape index (κ1) is 17.0. The molecule has 4 nitrogen and oxygen atoms in total. The summed E-state index contributed by atoms with van der Waals surface area (Å²) in [7, 11) is 0. The van der Waals surface area contributed by atoms with E-state index in [0.717, 1.165) is 11.8 Å². The maximum Gasteiger partial charge on any atom is 0.256 e. The number of aromatic nitrogens is 1. The number of carbonyl (C=O) groups is 1. The van der Waals surface area contributed by atoms with Gasteiger partial charge < -0.3 is 9.88 Å².